The molecule has 0 aromatic heterocycles. The first-order valence-corrected chi connectivity index (χ1v) is 7.46. The predicted molar refractivity (Wildman–Crippen MR) is 78.4 cm³/mol. The Labute approximate surface area is 119 Å². The van der Waals surface area contributed by atoms with Gasteiger partial charge in [0.1, 0.15) is 11.5 Å². The lowest BCUT2D eigenvalue weighted by molar-refractivity contribution is 0.281. The molecule has 0 spiro atoms. The van der Waals surface area contributed by atoms with Gasteiger partial charge in [-0.15, -0.1) is 11.8 Å². The van der Waals surface area contributed by atoms with E-state index < -0.39 is 0 Å². The van der Waals surface area contributed by atoms with Crippen LogP contribution in [0.2, 0.25) is 0 Å². The zero-order chi connectivity index (χ0) is 13.0. The fraction of sp³-hybridized carbons (Fsp3) is 0.143. The van der Waals surface area contributed by atoms with Crippen LogP contribution in [0.25, 0.3) is 0 Å². The van der Waals surface area contributed by atoms with E-state index in [4.69, 9.17) is 9.84 Å². The van der Waals surface area contributed by atoms with Crippen molar-refractivity contribution in [1.82, 2.24) is 0 Å². The van der Waals surface area contributed by atoms with Crippen LogP contribution in [-0.2, 0) is 6.61 Å². The molecule has 0 radical (unpaired) electrons. The Hall–Kier alpha value is -0.970. The van der Waals surface area contributed by atoms with Gasteiger partial charge in [0.05, 0.1) is 11.1 Å². The van der Waals surface area contributed by atoms with Gasteiger partial charge in [-0.1, -0.05) is 18.2 Å². The minimum atomic E-state index is 0.0281. The van der Waals surface area contributed by atoms with Gasteiger partial charge in [-0.25, -0.2) is 0 Å². The van der Waals surface area contributed by atoms with Gasteiger partial charge >= 0.3 is 0 Å². The van der Waals surface area contributed by atoms with E-state index in [0.29, 0.717) is 0 Å². The van der Waals surface area contributed by atoms with Gasteiger partial charge < -0.3 is 9.84 Å². The van der Waals surface area contributed by atoms with E-state index in [2.05, 4.69) is 15.9 Å². The highest BCUT2D eigenvalue weighted by atomic mass is 79.9. The van der Waals surface area contributed by atoms with Gasteiger partial charge in [0.25, 0.3) is 0 Å². The first kappa shape index (κ1) is 13.5. The van der Waals surface area contributed by atoms with Crippen molar-refractivity contribution in [2.24, 2.45) is 0 Å². The highest BCUT2D eigenvalue weighted by molar-refractivity contribution is 9.10. The smallest absolute Gasteiger partial charge is 0.141 e. The Bertz CT molecular complexity index is 543. The predicted octanol–water partition coefficient (Wildman–Crippen LogP) is 4.46. The Morgan fingerprint density at radius 3 is 2.61 bits per heavy atom. The van der Waals surface area contributed by atoms with Crippen molar-refractivity contribution >= 4 is 27.7 Å². The number of hydrogen-bond acceptors (Lipinski definition) is 3. The van der Waals surface area contributed by atoms with Crippen molar-refractivity contribution in [1.29, 1.82) is 0 Å². The number of aliphatic hydroxyl groups excluding tert-OH is 1. The van der Waals surface area contributed by atoms with Gasteiger partial charge in [0, 0.05) is 4.90 Å². The van der Waals surface area contributed by atoms with Crippen LogP contribution in [0.3, 0.4) is 0 Å². The molecule has 0 saturated carbocycles. The highest BCUT2D eigenvalue weighted by Gasteiger charge is 2.07. The molecule has 0 atom stereocenters. The largest absolute Gasteiger partial charge is 0.455 e. The van der Waals surface area contributed by atoms with Gasteiger partial charge in [0.2, 0.25) is 0 Å². The maximum atomic E-state index is 9.06. The van der Waals surface area contributed by atoms with Crippen LogP contribution in [0.5, 0.6) is 11.5 Å². The van der Waals surface area contributed by atoms with Crippen LogP contribution in [-0.4, -0.2) is 11.4 Å². The molecule has 0 bridgehead atoms. The van der Waals surface area contributed by atoms with E-state index >= 15 is 0 Å². The summed E-state index contributed by atoms with van der Waals surface area (Å²) in [4.78, 5) is 1.09. The number of hydrogen-bond donors (Lipinski definition) is 1. The number of thioether (sulfide) groups is 1. The summed E-state index contributed by atoms with van der Waals surface area (Å²) >= 11 is 5.10. The number of benzene rings is 2. The molecule has 1 N–H and O–H groups in total. The molecule has 2 aromatic rings. The van der Waals surface area contributed by atoms with E-state index in [1.54, 1.807) is 11.8 Å². The Kier molecular flexibility index (Phi) is 4.69. The summed E-state index contributed by atoms with van der Waals surface area (Å²) in [7, 11) is 0. The molecule has 94 valence electrons. The Morgan fingerprint density at radius 1 is 1.17 bits per heavy atom. The molecular formula is C14H13BrO2S. The van der Waals surface area contributed by atoms with Crippen molar-refractivity contribution in [2.45, 2.75) is 11.5 Å². The molecule has 0 aliphatic carbocycles. The number of para-hydroxylation sites is 1. The summed E-state index contributed by atoms with van der Waals surface area (Å²) in [5.74, 6) is 1.58. The van der Waals surface area contributed by atoms with Crippen molar-refractivity contribution < 1.29 is 9.84 Å². The van der Waals surface area contributed by atoms with Crippen molar-refractivity contribution in [3.63, 3.8) is 0 Å². The summed E-state index contributed by atoms with van der Waals surface area (Å²) in [6.45, 7) is 0.0281. The number of halogens is 1. The normalized spacial score (nSPS) is 10.4. The minimum absolute atomic E-state index is 0.0281. The Balaban J connectivity index is 2.28. The lowest BCUT2D eigenvalue weighted by atomic mass is 10.2. The molecule has 2 nitrogen and oxygen atoms in total. The third-order valence-corrected chi connectivity index (χ3v) is 3.86. The molecule has 2 rings (SSSR count). The fourth-order valence-electron chi connectivity index (χ4n) is 1.55. The van der Waals surface area contributed by atoms with Gasteiger partial charge in [0.15, 0.2) is 0 Å². The summed E-state index contributed by atoms with van der Waals surface area (Å²) in [6.07, 6.45) is 2.02. The molecular weight excluding hydrogens is 312 g/mol. The van der Waals surface area contributed by atoms with E-state index in [9.17, 15) is 0 Å². The minimum Gasteiger partial charge on any atom is -0.455 e. The van der Waals surface area contributed by atoms with E-state index in [-0.39, 0.29) is 6.61 Å². The first-order valence-electron chi connectivity index (χ1n) is 5.44. The van der Waals surface area contributed by atoms with E-state index in [1.807, 2.05) is 48.7 Å². The molecule has 18 heavy (non-hydrogen) atoms. The average molecular weight is 325 g/mol. The third kappa shape index (κ3) is 3.07. The van der Waals surface area contributed by atoms with E-state index in [0.717, 1.165) is 26.4 Å². The molecule has 0 saturated heterocycles. The summed E-state index contributed by atoms with van der Waals surface area (Å²) in [5.41, 5.74) is 0.854. The van der Waals surface area contributed by atoms with Crippen LogP contribution >= 0.6 is 27.7 Å². The second-order valence-electron chi connectivity index (χ2n) is 3.68. The molecule has 0 unspecified atom stereocenters. The molecule has 0 amide bonds. The maximum absolute atomic E-state index is 9.06. The highest BCUT2D eigenvalue weighted by Crippen LogP contribution is 2.35. The summed E-state index contributed by atoms with van der Waals surface area (Å²) in [5, 5.41) is 9.06. The average Bonchev–Trinajstić information content (AvgIpc) is 2.41. The summed E-state index contributed by atoms with van der Waals surface area (Å²) in [6, 6.07) is 13.5. The van der Waals surface area contributed by atoms with Crippen LogP contribution in [0.15, 0.2) is 51.8 Å². The molecule has 0 aliphatic rings. The van der Waals surface area contributed by atoms with Crippen molar-refractivity contribution in [3.05, 3.63) is 52.5 Å². The molecule has 0 heterocycles. The van der Waals surface area contributed by atoms with Crippen LogP contribution in [0, 0.1) is 0 Å². The lowest BCUT2D eigenvalue weighted by Crippen LogP contribution is -1.89. The molecule has 4 heteroatoms. The fourth-order valence-corrected chi connectivity index (χ4v) is 2.58. The zero-order valence-electron chi connectivity index (χ0n) is 9.89. The standard InChI is InChI=1S/C14H13BrO2S/c1-18-14-5-3-2-4-13(14)17-12-7-6-10(9-16)8-11(12)15/h2-8,16H,9H2,1H3. The monoisotopic (exact) mass is 324 g/mol. The van der Waals surface area contributed by atoms with Crippen LogP contribution in [0.1, 0.15) is 5.56 Å². The second-order valence-corrected chi connectivity index (χ2v) is 5.38. The van der Waals surface area contributed by atoms with Crippen molar-refractivity contribution in [2.75, 3.05) is 6.26 Å². The van der Waals surface area contributed by atoms with E-state index in [1.165, 1.54) is 0 Å². The van der Waals surface area contributed by atoms with Gasteiger partial charge in [-0.2, -0.15) is 0 Å². The topological polar surface area (TPSA) is 29.5 Å². The quantitative estimate of drug-likeness (QED) is 0.842. The second kappa shape index (κ2) is 6.27. The molecule has 0 fully saturated rings. The number of ether oxygens (including phenoxy) is 1. The van der Waals surface area contributed by atoms with Gasteiger partial charge in [-0.3, -0.25) is 0 Å². The van der Waals surface area contributed by atoms with Gasteiger partial charge in [-0.05, 0) is 52.0 Å². The number of aliphatic hydroxyl groups is 1. The first-order chi connectivity index (χ1) is 8.74. The number of rotatable bonds is 4. The third-order valence-electron chi connectivity index (χ3n) is 2.47. The SMILES string of the molecule is CSc1ccccc1Oc1ccc(CO)cc1Br. The lowest BCUT2D eigenvalue weighted by Gasteiger charge is -2.11. The maximum Gasteiger partial charge on any atom is 0.141 e. The van der Waals surface area contributed by atoms with Crippen molar-refractivity contribution in [3.8, 4) is 11.5 Å². The summed E-state index contributed by atoms with van der Waals surface area (Å²) < 4.78 is 6.72. The zero-order valence-corrected chi connectivity index (χ0v) is 12.3. The van der Waals surface area contributed by atoms with Crippen LogP contribution in [0.4, 0.5) is 0 Å². The molecule has 2 aromatic carbocycles. The Morgan fingerprint density at radius 2 is 1.94 bits per heavy atom. The molecule has 0 aliphatic heterocycles. The van der Waals surface area contributed by atoms with Crippen LogP contribution < -0.4 is 4.74 Å².